The highest BCUT2D eigenvalue weighted by molar-refractivity contribution is 5.96. The number of nitrogens with zero attached hydrogens (tertiary/aromatic N) is 2. The van der Waals surface area contributed by atoms with Gasteiger partial charge in [0.05, 0.1) is 0 Å². The van der Waals surface area contributed by atoms with Gasteiger partial charge in [-0.3, -0.25) is 10.1 Å². The third kappa shape index (κ3) is 2.30. The van der Waals surface area contributed by atoms with Crippen molar-refractivity contribution in [3.8, 4) is 12.0 Å². The van der Waals surface area contributed by atoms with E-state index in [1.807, 2.05) is 41.1 Å². The first-order valence-electron chi connectivity index (χ1n) is 7.39. The van der Waals surface area contributed by atoms with Crippen molar-refractivity contribution in [2.45, 2.75) is 6.42 Å². The molecular formula is C17H17N3O. The van der Waals surface area contributed by atoms with Gasteiger partial charge >= 0.3 is 0 Å². The Labute approximate surface area is 123 Å². The van der Waals surface area contributed by atoms with Crippen molar-refractivity contribution in [1.82, 2.24) is 14.6 Å². The zero-order chi connectivity index (χ0) is 14.2. The average Bonchev–Trinajstić information content (AvgIpc) is 3.22. The van der Waals surface area contributed by atoms with E-state index in [9.17, 15) is 4.79 Å². The molecule has 106 valence electrons. The van der Waals surface area contributed by atoms with E-state index in [-0.39, 0.29) is 5.91 Å². The van der Waals surface area contributed by atoms with Gasteiger partial charge in [0.15, 0.2) is 0 Å². The lowest BCUT2D eigenvalue weighted by Crippen LogP contribution is -2.23. The zero-order valence-electron chi connectivity index (χ0n) is 11.7. The highest BCUT2D eigenvalue weighted by Crippen LogP contribution is 2.32. The van der Waals surface area contributed by atoms with E-state index in [0.717, 1.165) is 12.1 Å². The van der Waals surface area contributed by atoms with Crippen LogP contribution in [0.3, 0.4) is 0 Å². The largest absolute Gasteiger partial charge is 0.324 e. The molecule has 0 saturated carbocycles. The Bertz CT molecular complexity index is 752. The molecule has 2 aromatic rings. The summed E-state index contributed by atoms with van der Waals surface area (Å²) in [7, 11) is 0. The van der Waals surface area contributed by atoms with Gasteiger partial charge in [-0.2, -0.15) is 0 Å². The highest BCUT2D eigenvalue weighted by atomic mass is 16.1. The van der Waals surface area contributed by atoms with Crippen molar-refractivity contribution in [3.63, 3.8) is 0 Å². The maximum absolute atomic E-state index is 12.1. The van der Waals surface area contributed by atoms with Crippen molar-refractivity contribution < 1.29 is 4.79 Å². The number of carbonyl (C=O) groups is 1. The average molecular weight is 279 g/mol. The molecule has 3 atom stereocenters. The number of piperidine rings is 1. The first-order chi connectivity index (χ1) is 10.3. The fourth-order valence-electron chi connectivity index (χ4n) is 3.38. The molecule has 2 aromatic heterocycles. The molecule has 0 spiro atoms. The predicted molar refractivity (Wildman–Crippen MR) is 80.7 cm³/mol. The minimum Gasteiger partial charge on any atom is -0.324 e. The topological polar surface area (TPSA) is 36.8 Å². The van der Waals surface area contributed by atoms with E-state index in [4.69, 9.17) is 0 Å². The minimum absolute atomic E-state index is 0.130. The van der Waals surface area contributed by atoms with Gasteiger partial charge in [0.25, 0.3) is 5.91 Å². The number of nitrogens with one attached hydrogen (secondary N) is 1. The fraction of sp³-hybridized carbons (Fsp3) is 0.353. The third-order valence-corrected chi connectivity index (χ3v) is 4.56. The maximum atomic E-state index is 12.1. The normalized spacial score (nSPS) is 26.6. The molecule has 2 saturated heterocycles. The van der Waals surface area contributed by atoms with Crippen LogP contribution in [0.2, 0.25) is 0 Å². The number of pyridine rings is 1. The molecule has 1 amide bonds. The van der Waals surface area contributed by atoms with Crippen molar-refractivity contribution in [2.75, 3.05) is 19.6 Å². The SMILES string of the molecule is O=C(NC#CC1CN2CC[C@@H]1C2)c1ccn2cccc2c1. The number of aromatic nitrogens is 1. The fourth-order valence-corrected chi connectivity index (χ4v) is 3.38. The monoisotopic (exact) mass is 279 g/mol. The van der Waals surface area contributed by atoms with Crippen molar-refractivity contribution in [2.24, 2.45) is 11.8 Å². The summed E-state index contributed by atoms with van der Waals surface area (Å²) in [5, 5.41) is 2.71. The van der Waals surface area contributed by atoms with Crippen LogP contribution in [-0.4, -0.2) is 34.8 Å². The van der Waals surface area contributed by atoms with Crippen molar-refractivity contribution in [1.29, 1.82) is 0 Å². The molecule has 4 nitrogen and oxygen atoms in total. The van der Waals surface area contributed by atoms with Crippen LogP contribution in [0.4, 0.5) is 0 Å². The van der Waals surface area contributed by atoms with Crippen LogP contribution >= 0.6 is 0 Å². The van der Waals surface area contributed by atoms with Crippen LogP contribution in [0.1, 0.15) is 16.8 Å². The van der Waals surface area contributed by atoms with E-state index in [1.54, 1.807) is 0 Å². The molecule has 2 aliphatic heterocycles. The first kappa shape index (κ1) is 12.5. The molecule has 4 heteroatoms. The van der Waals surface area contributed by atoms with E-state index < -0.39 is 0 Å². The van der Waals surface area contributed by atoms with Crippen LogP contribution in [-0.2, 0) is 0 Å². The Balaban J connectivity index is 1.44. The van der Waals surface area contributed by atoms with Crippen LogP contribution in [0.25, 0.3) is 5.52 Å². The third-order valence-electron chi connectivity index (χ3n) is 4.56. The molecule has 1 N–H and O–H groups in total. The second-order valence-electron chi connectivity index (χ2n) is 5.89. The summed E-state index contributed by atoms with van der Waals surface area (Å²) < 4.78 is 1.98. The van der Waals surface area contributed by atoms with E-state index in [0.29, 0.717) is 17.4 Å². The molecule has 2 unspecified atom stereocenters. The summed E-state index contributed by atoms with van der Waals surface area (Å²) in [6.45, 7) is 3.45. The lowest BCUT2D eigenvalue weighted by Gasteiger charge is -2.16. The van der Waals surface area contributed by atoms with Crippen molar-refractivity contribution >= 4 is 11.4 Å². The summed E-state index contributed by atoms with van der Waals surface area (Å²) in [4.78, 5) is 14.6. The number of hydrogen-bond donors (Lipinski definition) is 1. The quantitative estimate of drug-likeness (QED) is 0.635. The second kappa shape index (κ2) is 4.94. The van der Waals surface area contributed by atoms with Gasteiger partial charge in [-0.15, -0.1) is 0 Å². The van der Waals surface area contributed by atoms with E-state index in [2.05, 4.69) is 22.2 Å². The summed E-state index contributed by atoms with van der Waals surface area (Å²) >= 11 is 0. The van der Waals surface area contributed by atoms with Crippen molar-refractivity contribution in [3.05, 3.63) is 42.2 Å². The van der Waals surface area contributed by atoms with Crippen LogP contribution in [0.5, 0.6) is 0 Å². The minimum atomic E-state index is -0.130. The Hall–Kier alpha value is -2.25. The standard InChI is InChI=1S/C17H17N3O/c21-17(13-5-9-20-7-1-2-16(20)10-13)18-6-3-14-11-19-8-4-15(14)12-19/h1-2,5,7,9-10,14-15H,4,8,11-12H2,(H,18,21)/t14?,15-/m1/s1. The molecule has 21 heavy (non-hydrogen) atoms. The summed E-state index contributed by atoms with van der Waals surface area (Å²) in [6.07, 6.45) is 5.10. The smallest absolute Gasteiger partial charge is 0.262 e. The summed E-state index contributed by atoms with van der Waals surface area (Å²) in [6, 6.07) is 10.5. The molecule has 0 aliphatic carbocycles. The predicted octanol–water partition coefficient (Wildman–Crippen LogP) is 1.58. The number of amides is 1. The Kier molecular flexibility index (Phi) is 2.94. The summed E-state index contributed by atoms with van der Waals surface area (Å²) in [5.41, 5.74) is 1.66. The van der Waals surface area contributed by atoms with Gasteiger partial charge < -0.3 is 9.30 Å². The Morgan fingerprint density at radius 1 is 1.29 bits per heavy atom. The van der Waals surface area contributed by atoms with Crippen LogP contribution in [0.15, 0.2) is 36.7 Å². The molecular weight excluding hydrogens is 262 g/mol. The second-order valence-corrected chi connectivity index (χ2v) is 5.89. The van der Waals surface area contributed by atoms with E-state index >= 15 is 0 Å². The number of fused-ring (bicyclic) bond motifs is 3. The highest BCUT2D eigenvalue weighted by Gasteiger charge is 2.36. The van der Waals surface area contributed by atoms with Gasteiger partial charge in [0, 0.05) is 48.5 Å². The van der Waals surface area contributed by atoms with E-state index in [1.165, 1.54) is 19.5 Å². The Morgan fingerprint density at radius 2 is 2.24 bits per heavy atom. The molecule has 0 radical (unpaired) electrons. The van der Waals surface area contributed by atoms with Gasteiger partial charge in [-0.1, -0.05) is 5.92 Å². The number of hydrogen-bond acceptors (Lipinski definition) is 2. The van der Waals surface area contributed by atoms with Crippen LogP contribution < -0.4 is 5.32 Å². The molecule has 4 heterocycles. The molecule has 2 aliphatic rings. The molecule has 2 fully saturated rings. The zero-order valence-corrected chi connectivity index (χ0v) is 11.7. The summed E-state index contributed by atoms with van der Waals surface area (Å²) in [5.74, 6) is 4.21. The Morgan fingerprint density at radius 3 is 3.05 bits per heavy atom. The van der Waals surface area contributed by atoms with Gasteiger partial charge in [0.2, 0.25) is 0 Å². The molecule has 4 rings (SSSR count). The number of rotatable bonds is 1. The molecule has 2 bridgehead atoms. The first-order valence-corrected chi connectivity index (χ1v) is 7.39. The lowest BCUT2D eigenvalue weighted by molar-refractivity contribution is 0.0973. The van der Waals surface area contributed by atoms with Gasteiger partial charge in [-0.25, -0.2) is 0 Å². The number of carbonyl (C=O) groups excluding carboxylic acids is 1. The lowest BCUT2D eigenvalue weighted by atomic mass is 9.93. The van der Waals surface area contributed by atoms with Gasteiger partial charge in [0.1, 0.15) is 0 Å². The molecule has 0 aromatic carbocycles. The van der Waals surface area contributed by atoms with Gasteiger partial charge in [-0.05, 0) is 43.1 Å². The van der Waals surface area contributed by atoms with Crippen LogP contribution in [0, 0.1) is 23.8 Å². The maximum Gasteiger partial charge on any atom is 0.262 e.